The van der Waals surface area contributed by atoms with Crippen LogP contribution < -0.4 is 10.3 Å². The lowest BCUT2D eigenvalue weighted by atomic mass is 10.1. The second-order valence-corrected chi connectivity index (χ2v) is 6.77. The van der Waals surface area contributed by atoms with E-state index >= 15 is 0 Å². The molecule has 0 saturated carbocycles. The van der Waals surface area contributed by atoms with E-state index in [0.717, 1.165) is 11.3 Å². The second kappa shape index (κ2) is 8.08. The van der Waals surface area contributed by atoms with Crippen molar-refractivity contribution < 1.29 is 9.53 Å². The maximum atomic E-state index is 12.6. The highest BCUT2D eigenvalue weighted by molar-refractivity contribution is 5.78. The molecule has 6 nitrogen and oxygen atoms in total. The summed E-state index contributed by atoms with van der Waals surface area (Å²) in [4.78, 5) is 34.2. The molecule has 1 N–H and O–H groups in total. The summed E-state index contributed by atoms with van der Waals surface area (Å²) in [7, 11) is 0. The zero-order chi connectivity index (χ0) is 19.3. The van der Waals surface area contributed by atoms with Crippen LogP contribution in [0.5, 0.6) is 5.75 Å². The third kappa shape index (κ3) is 4.11. The Bertz CT molecular complexity index is 1020. The topological polar surface area (TPSA) is 75.3 Å². The quantitative estimate of drug-likeness (QED) is 0.743. The number of ether oxygens (including phenoxy) is 1. The second-order valence-electron chi connectivity index (χ2n) is 6.77. The molecule has 142 valence electrons. The number of nitrogens with zero attached hydrogens (tertiary/aromatic N) is 2. The Morgan fingerprint density at radius 2 is 1.79 bits per heavy atom. The van der Waals surface area contributed by atoms with Crippen molar-refractivity contribution in [1.29, 1.82) is 0 Å². The number of H-pyrrole nitrogens is 1. The zero-order valence-electron chi connectivity index (χ0n) is 15.4. The van der Waals surface area contributed by atoms with Crippen LogP contribution in [0.15, 0.2) is 65.5 Å². The smallest absolute Gasteiger partial charge is 0.260 e. The average molecular weight is 375 g/mol. The number of carbonyl (C=O) groups excluding carboxylic acids is 1. The van der Waals surface area contributed by atoms with Crippen LogP contribution in [0.3, 0.4) is 0 Å². The van der Waals surface area contributed by atoms with Crippen LogP contribution in [0.4, 0.5) is 0 Å². The number of benzene rings is 2. The molecule has 1 amide bonds. The SMILES string of the molecule is O=C(COc1ccccc1)N1CCc2nc(Cc3ccccc3)[nH]c(=O)c2C1. The fourth-order valence-corrected chi connectivity index (χ4v) is 3.32. The van der Waals surface area contributed by atoms with Gasteiger partial charge in [-0.05, 0) is 17.7 Å². The largest absolute Gasteiger partial charge is 0.484 e. The number of carbonyl (C=O) groups is 1. The zero-order valence-corrected chi connectivity index (χ0v) is 15.4. The first-order chi connectivity index (χ1) is 13.7. The van der Waals surface area contributed by atoms with Gasteiger partial charge < -0.3 is 14.6 Å². The summed E-state index contributed by atoms with van der Waals surface area (Å²) < 4.78 is 5.53. The van der Waals surface area contributed by atoms with Gasteiger partial charge in [0.2, 0.25) is 0 Å². The Hall–Kier alpha value is -3.41. The lowest BCUT2D eigenvalue weighted by Crippen LogP contribution is -2.41. The molecule has 0 atom stereocenters. The monoisotopic (exact) mass is 375 g/mol. The van der Waals surface area contributed by atoms with E-state index in [2.05, 4.69) is 9.97 Å². The Kier molecular flexibility index (Phi) is 5.19. The Labute approximate surface area is 162 Å². The van der Waals surface area contributed by atoms with Crippen molar-refractivity contribution in [1.82, 2.24) is 14.9 Å². The molecule has 1 aliphatic heterocycles. The molecule has 2 heterocycles. The van der Waals surface area contributed by atoms with Gasteiger partial charge in [0.05, 0.1) is 17.8 Å². The number of hydrogen-bond donors (Lipinski definition) is 1. The van der Waals surface area contributed by atoms with E-state index in [1.807, 2.05) is 60.7 Å². The van der Waals surface area contributed by atoms with Gasteiger partial charge in [-0.15, -0.1) is 0 Å². The summed E-state index contributed by atoms with van der Waals surface area (Å²) >= 11 is 0. The van der Waals surface area contributed by atoms with Gasteiger partial charge in [-0.1, -0.05) is 48.5 Å². The molecule has 0 radical (unpaired) electrons. The minimum atomic E-state index is -0.169. The highest BCUT2D eigenvalue weighted by atomic mass is 16.5. The maximum Gasteiger partial charge on any atom is 0.260 e. The third-order valence-electron chi connectivity index (χ3n) is 4.79. The molecule has 0 fully saturated rings. The van der Waals surface area contributed by atoms with Gasteiger partial charge in [-0.2, -0.15) is 0 Å². The summed E-state index contributed by atoms with van der Waals surface area (Å²) in [5, 5.41) is 0. The van der Waals surface area contributed by atoms with Crippen molar-refractivity contribution in [3.05, 3.63) is 93.7 Å². The van der Waals surface area contributed by atoms with Crippen LogP contribution in [-0.2, 0) is 24.2 Å². The van der Waals surface area contributed by atoms with Gasteiger partial charge in [0.15, 0.2) is 6.61 Å². The predicted molar refractivity (Wildman–Crippen MR) is 105 cm³/mol. The minimum Gasteiger partial charge on any atom is -0.484 e. The normalized spacial score (nSPS) is 13.1. The molecule has 6 heteroatoms. The lowest BCUT2D eigenvalue weighted by molar-refractivity contribution is -0.134. The number of amides is 1. The molecule has 0 spiro atoms. The number of para-hydroxylation sites is 1. The summed E-state index contributed by atoms with van der Waals surface area (Å²) in [6, 6.07) is 19.1. The standard InChI is InChI=1S/C22H21N3O3/c26-21(15-28-17-9-5-2-6-10-17)25-12-11-19-18(14-25)22(27)24-20(23-19)13-16-7-3-1-4-8-16/h1-10H,11-15H2,(H,23,24,27). The Morgan fingerprint density at radius 3 is 2.54 bits per heavy atom. The predicted octanol–water partition coefficient (Wildman–Crippen LogP) is 2.32. The van der Waals surface area contributed by atoms with Crippen molar-refractivity contribution >= 4 is 5.91 Å². The van der Waals surface area contributed by atoms with Crippen LogP contribution in [0.25, 0.3) is 0 Å². The van der Waals surface area contributed by atoms with Gasteiger partial charge in [0.25, 0.3) is 11.5 Å². The fraction of sp³-hybridized carbons (Fsp3) is 0.227. The van der Waals surface area contributed by atoms with Crippen LogP contribution in [0.2, 0.25) is 0 Å². The first-order valence-corrected chi connectivity index (χ1v) is 9.29. The maximum absolute atomic E-state index is 12.6. The molecule has 0 bridgehead atoms. The molecule has 0 aliphatic carbocycles. The highest BCUT2D eigenvalue weighted by Crippen LogP contribution is 2.16. The van der Waals surface area contributed by atoms with Gasteiger partial charge in [-0.3, -0.25) is 9.59 Å². The summed E-state index contributed by atoms with van der Waals surface area (Å²) in [5.74, 6) is 1.17. The number of rotatable bonds is 5. The van der Waals surface area contributed by atoms with Crippen molar-refractivity contribution in [3.8, 4) is 5.75 Å². The minimum absolute atomic E-state index is 0.0449. The van der Waals surface area contributed by atoms with Crippen molar-refractivity contribution in [3.63, 3.8) is 0 Å². The van der Waals surface area contributed by atoms with Crippen LogP contribution >= 0.6 is 0 Å². The molecular formula is C22H21N3O3. The van der Waals surface area contributed by atoms with E-state index in [4.69, 9.17) is 4.74 Å². The average Bonchev–Trinajstić information content (AvgIpc) is 2.73. The molecule has 4 rings (SSSR count). The van der Waals surface area contributed by atoms with Crippen molar-refractivity contribution in [2.24, 2.45) is 0 Å². The third-order valence-corrected chi connectivity index (χ3v) is 4.79. The number of fused-ring (bicyclic) bond motifs is 1. The van der Waals surface area contributed by atoms with Crippen LogP contribution in [-0.4, -0.2) is 33.9 Å². The molecule has 0 unspecified atom stereocenters. The molecule has 0 saturated heterocycles. The molecule has 1 aromatic heterocycles. The summed E-state index contributed by atoms with van der Waals surface area (Å²) in [6.45, 7) is 0.752. The Balaban J connectivity index is 1.43. The van der Waals surface area contributed by atoms with Gasteiger partial charge in [0, 0.05) is 19.4 Å². The lowest BCUT2D eigenvalue weighted by Gasteiger charge is -2.27. The van der Waals surface area contributed by atoms with Crippen LogP contribution in [0.1, 0.15) is 22.6 Å². The fourth-order valence-electron chi connectivity index (χ4n) is 3.32. The number of aromatic amines is 1. The van der Waals surface area contributed by atoms with E-state index in [1.165, 1.54) is 0 Å². The highest BCUT2D eigenvalue weighted by Gasteiger charge is 2.24. The summed E-state index contributed by atoms with van der Waals surface area (Å²) in [6.07, 6.45) is 1.15. The first-order valence-electron chi connectivity index (χ1n) is 9.29. The molecule has 28 heavy (non-hydrogen) atoms. The molecule has 2 aromatic carbocycles. The molecule has 1 aliphatic rings. The number of aromatic nitrogens is 2. The molecular weight excluding hydrogens is 354 g/mol. The van der Waals surface area contributed by atoms with Crippen molar-refractivity contribution in [2.75, 3.05) is 13.2 Å². The number of hydrogen-bond acceptors (Lipinski definition) is 4. The van der Waals surface area contributed by atoms with E-state index in [0.29, 0.717) is 36.5 Å². The van der Waals surface area contributed by atoms with E-state index in [-0.39, 0.29) is 24.6 Å². The van der Waals surface area contributed by atoms with Gasteiger partial charge in [-0.25, -0.2) is 4.98 Å². The van der Waals surface area contributed by atoms with Gasteiger partial charge in [0.1, 0.15) is 11.6 Å². The first kappa shape index (κ1) is 18.0. The van der Waals surface area contributed by atoms with E-state index in [1.54, 1.807) is 4.90 Å². The Morgan fingerprint density at radius 1 is 1.07 bits per heavy atom. The summed E-state index contributed by atoms with van der Waals surface area (Å²) in [5.41, 5.74) is 2.27. The van der Waals surface area contributed by atoms with Crippen molar-refractivity contribution in [2.45, 2.75) is 19.4 Å². The molecule has 3 aromatic rings. The van der Waals surface area contributed by atoms with E-state index in [9.17, 15) is 9.59 Å². The van der Waals surface area contributed by atoms with Crippen LogP contribution in [0, 0.1) is 0 Å². The van der Waals surface area contributed by atoms with Gasteiger partial charge >= 0.3 is 0 Å². The number of nitrogens with one attached hydrogen (secondary N) is 1. The van der Waals surface area contributed by atoms with E-state index < -0.39 is 0 Å².